The summed E-state index contributed by atoms with van der Waals surface area (Å²) < 4.78 is 11.2. The Morgan fingerprint density at radius 2 is 1.90 bits per heavy atom. The monoisotopic (exact) mass is 599 g/mol. The van der Waals surface area contributed by atoms with E-state index in [0.29, 0.717) is 41.5 Å². The number of ether oxygens (including phenoxy) is 2. The van der Waals surface area contributed by atoms with Crippen molar-refractivity contribution in [1.82, 2.24) is 9.88 Å². The van der Waals surface area contributed by atoms with Gasteiger partial charge < -0.3 is 25.0 Å². The van der Waals surface area contributed by atoms with Gasteiger partial charge in [-0.25, -0.2) is 4.98 Å². The Balaban J connectivity index is 0.000000487. The molecule has 0 radical (unpaired) electrons. The second kappa shape index (κ2) is 18.5. The summed E-state index contributed by atoms with van der Waals surface area (Å²) >= 11 is 3.30. The number of allylic oxidation sites excluding steroid dienone is 1. The molecule has 0 unspecified atom stereocenters. The fourth-order valence-electron chi connectivity index (χ4n) is 3.38. The average molecular weight is 601 g/mol. The minimum absolute atomic E-state index is 0.240. The van der Waals surface area contributed by atoms with Gasteiger partial charge in [0.05, 0.1) is 37.4 Å². The molecular weight excluding hydrogens is 562 g/mol. The second-order valence-corrected chi connectivity index (χ2v) is 8.80. The Hall–Kier alpha value is -3.76. The van der Waals surface area contributed by atoms with Crippen LogP contribution in [0.25, 0.3) is 0 Å². The third-order valence-electron chi connectivity index (χ3n) is 5.44. The van der Waals surface area contributed by atoms with Crippen molar-refractivity contribution in [2.75, 3.05) is 44.0 Å². The number of carbonyl (C=O) groups is 2. The lowest BCUT2D eigenvalue weighted by Crippen LogP contribution is -2.40. The van der Waals surface area contributed by atoms with Crippen LogP contribution in [-0.4, -0.2) is 60.9 Å². The molecule has 39 heavy (non-hydrogen) atoms. The van der Waals surface area contributed by atoms with Crippen LogP contribution in [0.1, 0.15) is 37.0 Å². The zero-order valence-corrected chi connectivity index (χ0v) is 24.5. The van der Waals surface area contributed by atoms with Crippen molar-refractivity contribution in [3.63, 3.8) is 0 Å². The number of amides is 2. The predicted molar refractivity (Wildman–Crippen MR) is 162 cm³/mol. The van der Waals surface area contributed by atoms with Crippen LogP contribution in [0, 0.1) is 5.41 Å². The van der Waals surface area contributed by atoms with E-state index in [1.54, 1.807) is 55.6 Å². The third-order valence-corrected chi connectivity index (χ3v) is 5.91. The molecule has 1 saturated heterocycles. The number of benzene rings is 1. The maximum absolute atomic E-state index is 12.7. The van der Waals surface area contributed by atoms with Gasteiger partial charge in [0, 0.05) is 35.8 Å². The summed E-state index contributed by atoms with van der Waals surface area (Å²) in [7, 11) is 1.51. The van der Waals surface area contributed by atoms with Crippen molar-refractivity contribution >= 4 is 45.1 Å². The van der Waals surface area contributed by atoms with Crippen molar-refractivity contribution in [3.05, 3.63) is 84.0 Å². The molecule has 10 heteroatoms. The van der Waals surface area contributed by atoms with Gasteiger partial charge in [-0.15, -0.1) is 19.7 Å². The van der Waals surface area contributed by atoms with Crippen molar-refractivity contribution in [2.45, 2.75) is 26.7 Å². The van der Waals surface area contributed by atoms with Crippen LogP contribution in [0.5, 0.6) is 5.75 Å². The van der Waals surface area contributed by atoms with Crippen molar-refractivity contribution in [3.8, 4) is 5.75 Å². The molecule has 2 heterocycles. The number of carbonyl (C=O) groups excluding carboxylic acids is 2. The van der Waals surface area contributed by atoms with E-state index >= 15 is 0 Å². The van der Waals surface area contributed by atoms with E-state index in [-0.39, 0.29) is 11.5 Å². The minimum atomic E-state index is -0.396. The van der Waals surface area contributed by atoms with Crippen molar-refractivity contribution in [2.24, 2.45) is 0 Å². The Bertz CT molecular complexity index is 1130. The molecule has 2 aromatic rings. The van der Waals surface area contributed by atoms with Gasteiger partial charge in [-0.3, -0.25) is 15.0 Å². The molecule has 1 fully saturated rings. The maximum atomic E-state index is 12.7. The summed E-state index contributed by atoms with van der Waals surface area (Å²) in [5.41, 5.74) is 1.33. The van der Waals surface area contributed by atoms with E-state index in [9.17, 15) is 9.59 Å². The molecule has 1 aliphatic heterocycles. The summed E-state index contributed by atoms with van der Waals surface area (Å²) in [4.78, 5) is 31.2. The lowest BCUT2D eigenvalue weighted by molar-refractivity contribution is -0.113. The first-order chi connectivity index (χ1) is 18.8. The highest BCUT2D eigenvalue weighted by Gasteiger charge is 2.17. The van der Waals surface area contributed by atoms with Gasteiger partial charge in [0.15, 0.2) is 0 Å². The zero-order chi connectivity index (χ0) is 29.2. The van der Waals surface area contributed by atoms with E-state index in [1.165, 1.54) is 7.11 Å². The summed E-state index contributed by atoms with van der Waals surface area (Å²) in [5, 5.41) is 13.1. The number of methoxy groups -OCH3 is 1. The van der Waals surface area contributed by atoms with E-state index in [2.05, 4.69) is 51.3 Å². The first kappa shape index (κ1) is 33.3. The first-order valence-corrected chi connectivity index (χ1v) is 13.2. The number of morpholine rings is 1. The van der Waals surface area contributed by atoms with Crippen LogP contribution in [0.2, 0.25) is 0 Å². The fourth-order valence-corrected chi connectivity index (χ4v) is 3.61. The lowest BCUT2D eigenvalue weighted by Gasteiger charge is -2.28. The normalized spacial score (nSPS) is 12.5. The Morgan fingerprint density at radius 3 is 2.44 bits per heavy atom. The summed E-state index contributed by atoms with van der Waals surface area (Å²) in [6.07, 6.45) is 6.37. The van der Waals surface area contributed by atoms with Crippen LogP contribution in [-0.2, 0) is 9.53 Å². The van der Waals surface area contributed by atoms with E-state index in [0.717, 1.165) is 30.8 Å². The number of nitrogens with zero attached hydrogens (tertiary/aromatic N) is 2. The number of amidine groups is 1. The zero-order valence-electron chi connectivity index (χ0n) is 22.9. The SMILES string of the molecule is C/C=C(\CC)C(=O)Nc1ccc(OC)cc1C(=O)Nc1ccc(Br)cn1.C=C.C=CCC(=N)N1CCOCC1. The van der Waals surface area contributed by atoms with Gasteiger partial charge in [-0.05, 0) is 59.6 Å². The summed E-state index contributed by atoms with van der Waals surface area (Å²) in [5.74, 6) is 0.937. The molecule has 1 aliphatic rings. The van der Waals surface area contributed by atoms with Crippen molar-refractivity contribution in [1.29, 1.82) is 5.41 Å². The molecule has 210 valence electrons. The quantitative estimate of drug-likeness (QED) is 0.147. The number of rotatable bonds is 8. The van der Waals surface area contributed by atoms with Gasteiger partial charge in [0.2, 0.25) is 0 Å². The molecule has 1 aromatic heterocycles. The Morgan fingerprint density at radius 1 is 1.21 bits per heavy atom. The molecule has 0 atom stereocenters. The van der Waals surface area contributed by atoms with Crippen LogP contribution < -0.4 is 15.4 Å². The fraction of sp³-hybridized carbons (Fsp3) is 0.310. The number of pyridine rings is 1. The highest BCUT2D eigenvalue weighted by atomic mass is 79.9. The second-order valence-electron chi connectivity index (χ2n) is 7.89. The Labute approximate surface area is 239 Å². The van der Waals surface area contributed by atoms with E-state index in [1.807, 2.05) is 11.8 Å². The van der Waals surface area contributed by atoms with Crippen LogP contribution in [0.4, 0.5) is 11.5 Å². The number of anilines is 2. The molecule has 0 saturated carbocycles. The molecule has 0 spiro atoms. The number of halogens is 1. The highest BCUT2D eigenvalue weighted by Crippen LogP contribution is 2.24. The standard InChI is InChI=1S/C19H20BrN3O3.C8H14N2O.C2H4/c1-4-12(5-2)18(24)22-16-8-7-14(26-3)10-15(16)19(25)23-17-9-6-13(20)11-21-17;1-2-3-8(9)10-4-6-11-7-5-10;1-2/h4,6-11H,5H2,1-3H3,(H,22,24)(H,21,23,25);2,9H,1,3-7H2;1-2H2/b12-4+;;. The lowest BCUT2D eigenvalue weighted by atomic mass is 10.1. The number of nitrogens with one attached hydrogen (secondary N) is 3. The first-order valence-electron chi connectivity index (χ1n) is 12.4. The highest BCUT2D eigenvalue weighted by molar-refractivity contribution is 9.10. The number of hydrogen-bond donors (Lipinski definition) is 3. The van der Waals surface area contributed by atoms with Crippen LogP contribution in [0.3, 0.4) is 0 Å². The molecule has 3 rings (SSSR count). The minimum Gasteiger partial charge on any atom is -0.497 e. The molecular formula is C29H38BrN5O4. The average Bonchev–Trinajstić information content (AvgIpc) is 2.97. The molecule has 0 aliphatic carbocycles. The van der Waals surface area contributed by atoms with Gasteiger partial charge in [-0.2, -0.15) is 0 Å². The molecule has 0 bridgehead atoms. The topological polar surface area (TPSA) is 117 Å². The van der Waals surface area contributed by atoms with Crippen LogP contribution >= 0.6 is 15.9 Å². The number of hydrogen-bond acceptors (Lipinski definition) is 6. The van der Waals surface area contributed by atoms with E-state index < -0.39 is 5.91 Å². The summed E-state index contributed by atoms with van der Waals surface area (Å²) in [6.45, 7) is 16.5. The predicted octanol–water partition coefficient (Wildman–Crippen LogP) is 6.07. The largest absolute Gasteiger partial charge is 0.497 e. The third kappa shape index (κ3) is 11.3. The van der Waals surface area contributed by atoms with Gasteiger partial charge >= 0.3 is 0 Å². The van der Waals surface area contributed by atoms with Gasteiger partial charge in [-0.1, -0.05) is 19.1 Å². The molecule has 9 nitrogen and oxygen atoms in total. The summed E-state index contributed by atoms with van der Waals surface area (Å²) in [6, 6.07) is 8.35. The number of aromatic nitrogens is 1. The van der Waals surface area contributed by atoms with E-state index in [4.69, 9.17) is 14.9 Å². The maximum Gasteiger partial charge on any atom is 0.259 e. The molecule has 3 N–H and O–H groups in total. The Kier molecular flexibility index (Phi) is 15.8. The van der Waals surface area contributed by atoms with Crippen molar-refractivity contribution < 1.29 is 19.1 Å². The smallest absolute Gasteiger partial charge is 0.259 e. The molecule has 2 amide bonds. The van der Waals surface area contributed by atoms with Gasteiger partial charge in [0.25, 0.3) is 11.8 Å². The van der Waals surface area contributed by atoms with Crippen LogP contribution in [0.15, 0.2) is 78.5 Å². The molecule has 1 aromatic carbocycles. The van der Waals surface area contributed by atoms with Gasteiger partial charge in [0.1, 0.15) is 11.6 Å².